The number of phosphoric ester groups is 1. The van der Waals surface area contributed by atoms with Gasteiger partial charge in [0.05, 0.1) is 33.9 Å². The van der Waals surface area contributed by atoms with Crippen LogP contribution in [0.3, 0.4) is 0 Å². The van der Waals surface area contributed by atoms with Gasteiger partial charge in [-0.25, -0.2) is 0 Å². The number of phosphoric acid groups is 1. The molecule has 2 unspecified atom stereocenters. The van der Waals surface area contributed by atoms with E-state index in [0.717, 1.165) is 25.7 Å². The van der Waals surface area contributed by atoms with Crippen LogP contribution in [0.5, 0.6) is 0 Å². The van der Waals surface area contributed by atoms with E-state index in [1.54, 1.807) is 0 Å². The van der Waals surface area contributed by atoms with Crippen molar-refractivity contribution < 1.29 is 32.5 Å². The summed E-state index contributed by atoms with van der Waals surface area (Å²) >= 11 is 0. The zero-order chi connectivity index (χ0) is 29.2. The fourth-order valence-corrected chi connectivity index (χ4v) is 4.93. The third kappa shape index (κ3) is 28.8. The highest BCUT2D eigenvalue weighted by Crippen LogP contribution is 2.38. The second-order valence-electron chi connectivity index (χ2n) is 11.9. The van der Waals surface area contributed by atoms with E-state index >= 15 is 0 Å². The van der Waals surface area contributed by atoms with E-state index in [2.05, 4.69) is 19.2 Å². The third-order valence-electron chi connectivity index (χ3n) is 6.82. The standard InChI is InChI=1S/C30H63N2O6P/c1-6-8-10-12-14-16-17-19-21-23-30(33)31-27-29(36-25-22-20-18-15-13-11-9-7-2)28-38-39(34,35)37-26-24-32(3,4)5/h29H,6-28H2,1-5H3,(H-,31,33,34,35). The molecule has 0 aromatic heterocycles. The van der Waals surface area contributed by atoms with Crippen molar-refractivity contribution in [1.29, 1.82) is 0 Å². The summed E-state index contributed by atoms with van der Waals surface area (Å²) in [5.74, 6) is -0.0249. The number of hydrogen-bond donors (Lipinski definition) is 1. The monoisotopic (exact) mass is 578 g/mol. The molecular weight excluding hydrogens is 515 g/mol. The molecule has 0 saturated heterocycles. The normalized spacial score (nSPS) is 14.3. The lowest BCUT2D eigenvalue weighted by Gasteiger charge is -2.28. The van der Waals surface area contributed by atoms with E-state index in [4.69, 9.17) is 13.8 Å². The minimum Gasteiger partial charge on any atom is -0.756 e. The molecule has 39 heavy (non-hydrogen) atoms. The van der Waals surface area contributed by atoms with E-state index in [1.165, 1.54) is 83.5 Å². The van der Waals surface area contributed by atoms with Crippen molar-refractivity contribution >= 4 is 13.7 Å². The van der Waals surface area contributed by atoms with E-state index in [9.17, 15) is 14.3 Å². The quantitative estimate of drug-likeness (QED) is 0.0599. The van der Waals surface area contributed by atoms with E-state index < -0.39 is 13.9 Å². The van der Waals surface area contributed by atoms with Crippen molar-refractivity contribution in [3.05, 3.63) is 0 Å². The summed E-state index contributed by atoms with van der Waals surface area (Å²) in [6.45, 7) is 5.64. The molecule has 1 amide bonds. The first-order valence-corrected chi connectivity index (χ1v) is 17.3. The maximum absolute atomic E-state index is 12.4. The van der Waals surface area contributed by atoms with Crippen molar-refractivity contribution in [2.75, 3.05) is 54.1 Å². The number of rotatable bonds is 29. The second-order valence-corrected chi connectivity index (χ2v) is 13.4. The number of nitrogens with one attached hydrogen (secondary N) is 1. The first-order chi connectivity index (χ1) is 18.6. The van der Waals surface area contributed by atoms with Crippen LogP contribution in [-0.4, -0.2) is 70.5 Å². The Hall–Kier alpha value is -0.500. The summed E-state index contributed by atoms with van der Waals surface area (Å²) in [5.41, 5.74) is 0. The van der Waals surface area contributed by atoms with Crippen LogP contribution in [0.2, 0.25) is 0 Å². The number of quaternary nitrogens is 1. The summed E-state index contributed by atoms with van der Waals surface area (Å²) in [6.07, 6.45) is 20.4. The van der Waals surface area contributed by atoms with Gasteiger partial charge in [-0.2, -0.15) is 0 Å². The van der Waals surface area contributed by atoms with Crippen molar-refractivity contribution in [2.45, 2.75) is 136 Å². The van der Waals surface area contributed by atoms with Crippen molar-refractivity contribution in [1.82, 2.24) is 5.32 Å². The van der Waals surface area contributed by atoms with Crippen LogP contribution < -0.4 is 10.2 Å². The summed E-state index contributed by atoms with van der Waals surface area (Å²) in [6, 6.07) is 0. The zero-order valence-electron chi connectivity index (χ0n) is 26.2. The van der Waals surface area contributed by atoms with Crippen molar-refractivity contribution in [3.8, 4) is 0 Å². The van der Waals surface area contributed by atoms with Crippen molar-refractivity contribution in [2.24, 2.45) is 0 Å². The largest absolute Gasteiger partial charge is 0.756 e. The molecule has 0 aliphatic carbocycles. The molecular formula is C30H63N2O6P. The van der Waals surface area contributed by atoms with Gasteiger partial charge in [0.25, 0.3) is 7.82 Å². The number of carbonyl (C=O) groups excluding carboxylic acids is 1. The Morgan fingerprint density at radius 2 is 1.23 bits per heavy atom. The molecule has 0 heterocycles. The number of nitrogens with zero attached hydrogens (tertiary/aromatic N) is 1. The van der Waals surface area contributed by atoms with Gasteiger partial charge in [0.1, 0.15) is 13.2 Å². The number of ether oxygens (including phenoxy) is 1. The lowest BCUT2D eigenvalue weighted by Crippen LogP contribution is -2.38. The topological polar surface area (TPSA) is 96.9 Å². The van der Waals surface area contributed by atoms with Gasteiger partial charge >= 0.3 is 0 Å². The Labute approximate surface area is 241 Å². The number of hydrogen-bond acceptors (Lipinski definition) is 6. The molecule has 8 nitrogen and oxygen atoms in total. The lowest BCUT2D eigenvalue weighted by atomic mass is 10.1. The van der Waals surface area contributed by atoms with Crippen LogP contribution in [0.25, 0.3) is 0 Å². The fraction of sp³-hybridized carbons (Fsp3) is 0.967. The Balaban J connectivity index is 4.35. The molecule has 2 atom stereocenters. The first kappa shape index (κ1) is 38.5. The highest BCUT2D eigenvalue weighted by molar-refractivity contribution is 7.45. The Kier molecular flexibility index (Phi) is 24.9. The van der Waals surface area contributed by atoms with Crippen LogP contribution >= 0.6 is 7.82 Å². The molecule has 1 N–H and O–H groups in total. The molecule has 0 spiro atoms. The van der Waals surface area contributed by atoms with E-state index in [-0.39, 0.29) is 25.7 Å². The maximum Gasteiger partial charge on any atom is 0.268 e. The molecule has 0 aromatic carbocycles. The molecule has 0 aliphatic rings. The predicted octanol–water partition coefficient (Wildman–Crippen LogP) is 6.76. The van der Waals surface area contributed by atoms with Gasteiger partial charge in [0, 0.05) is 19.6 Å². The molecule has 0 saturated carbocycles. The van der Waals surface area contributed by atoms with Crippen LogP contribution in [0, 0.1) is 0 Å². The highest BCUT2D eigenvalue weighted by Gasteiger charge is 2.18. The van der Waals surface area contributed by atoms with Crippen LogP contribution in [0.4, 0.5) is 0 Å². The molecule has 0 fully saturated rings. The zero-order valence-corrected chi connectivity index (χ0v) is 27.1. The van der Waals surface area contributed by atoms with Crippen molar-refractivity contribution in [3.63, 3.8) is 0 Å². The van der Waals surface area contributed by atoms with Gasteiger partial charge in [-0.15, -0.1) is 0 Å². The average molecular weight is 579 g/mol. The molecule has 0 aliphatic heterocycles. The summed E-state index contributed by atoms with van der Waals surface area (Å²) < 4.78 is 28.9. The van der Waals surface area contributed by atoms with Gasteiger partial charge in [-0.05, 0) is 12.8 Å². The lowest BCUT2D eigenvalue weighted by molar-refractivity contribution is -0.870. The molecule has 0 bridgehead atoms. The summed E-state index contributed by atoms with van der Waals surface area (Å²) in [4.78, 5) is 24.6. The van der Waals surface area contributed by atoms with E-state index in [1.807, 2.05) is 21.1 Å². The highest BCUT2D eigenvalue weighted by atomic mass is 31.2. The van der Waals surface area contributed by atoms with Gasteiger partial charge < -0.3 is 28.5 Å². The van der Waals surface area contributed by atoms with Crippen LogP contribution in [-0.2, 0) is 23.1 Å². The predicted molar refractivity (Wildman–Crippen MR) is 160 cm³/mol. The van der Waals surface area contributed by atoms with Crippen LogP contribution in [0.1, 0.15) is 129 Å². The van der Waals surface area contributed by atoms with Crippen LogP contribution in [0.15, 0.2) is 0 Å². The van der Waals surface area contributed by atoms with Gasteiger partial charge in [-0.1, -0.05) is 110 Å². The maximum atomic E-state index is 12.4. The number of unbranched alkanes of at least 4 members (excludes halogenated alkanes) is 15. The number of amides is 1. The molecule has 0 rings (SSSR count). The Morgan fingerprint density at radius 3 is 1.74 bits per heavy atom. The molecule has 9 heteroatoms. The molecule has 0 radical (unpaired) electrons. The fourth-order valence-electron chi connectivity index (χ4n) is 4.20. The van der Waals surface area contributed by atoms with Gasteiger partial charge in [0.2, 0.25) is 5.91 Å². The van der Waals surface area contributed by atoms with Gasteiger partial charge in [0.15, 0.2) is 0 Å². The van der Waals surface area contributed by atoms with E-state index in [0.29, 0.717) is 24.1 Å². The first-order valence-electron chi connectivity index (χ1n) is 15.9. The second kappa shape index (κ2) is 25.2. The Bertz CT molecular complexity index is 615. The minimum atomic E-state index is -4.43. The summed E-state index contributed by atoms with van der Waals surface area (Å²) in [7, 11) is 1.46. The molecule has 234 valence electrons. The number of carbonyl (C=O) groups is 1. The smallest absolute Gasteiger partial charge is 0.268 e. The molecule has 0 aromatic rings. The summed E-state index contributed by atoms with van der Waals surface area (Å²) in [5, 5.41) is 2.91. The average Bonchev–Trinajstić information content (AvgIpc) is 2.87. The minimum absolute atomic E-state index is 0.0249. The Morgan fingerprint density at radius 1 is 0.744 bits per heavy atom. The SMILES string of the molecule is CCCCCCCCCCCC(=O)NCC(COP(=O)([O-])OCC[N+](C)(C)C)OCCCCCCCCCC. The van der Waals surface area contributed by atoms with Gasteiger partial charge in [-0.3, -0.25) is 9.36 Å². The number of likely N-dealkylation sites (N-methyl/N-ethyl adjacent to an activating group) is 1. The third-order valence-corrected chi connectivity index (χ3v) is 7.78.